The first kappa shape index (κ1) is 14.0. The molecule has 0 saturated heterocycles. The highest BCUT2D eigenvalue weighted by Gasteiger charge is 2.17. The average molecular weight is 273 g/mol. The summed E-state index contributed by atoms with van der Waals surface area (Å²) in [5, 5.41) is 20.7. The van der Waals surface area contributed by atoms with Crippen LogP contribution < -0.4 is 4.74 Å². The van der Waals surface area contributed by atoms with Gasteiger partial charge in [0.15, 0.2) is 0 Å². The number of aryl methyl sites for hydroxylation is 1. The van der Waals surface area contributed by atoms with E-state index >= 15 is 0 Å². The third-order valence-corrected chi connectivity index (χ3v) is 2.90. The molecule has 0 aliphatic rings. The van der Waals surface area contributed by atoms with E-state index in [0.29, 0.717) is 11.3 Å². The van der Waals surface area contributed by atoms with E-state index in [1.54, 1.807) is 43.3 Å². The molecule has 0 aliphatic heterocycles. The topological polar surface area (TPSA) is 72.6 Å². The fraction of sp³-hybridized carbons (Fsp3) is 0.200. The SMILES string of the molecule is Cc1ccc([N+](=O)[O-])c(Oc2ccccc2[C@H](C)O)c1. The molecule has 0 bridgehead atoms. The van der Waals surface area contributed by atoms with Crippen molar-refractivity contribution in [2.45, 2.75) is 20.0 Å². The molecule has 0 spiro atoms. The first-order valence-electron chi connectivity index (χ1n) is 6.19. The Balaban J connectivity index is 2.45. The summed E-state index contributed by atoms with van der Waals surface area (Å²) in [6, 6.07) is 11.6. The van der Waals surface area contributed by atoms with Crippen LogP contribution in [-0.4, -0.2) is 10.0 Å². The summed E-state index contributed by atoms with van der Waals surface area (Å²) in [5.41, 5.74) is 1.35. The summed E-state index contributed by atoms with van der Waals surface area (Å²) >= 11 is 0. The molecule has 1 N–H and O–H groups in total. The zero-order valence-electron chi connectivity index (χ0n) is 11.2. The van der Waals surface area contributed by atoms with Gasteiger partial charge in [-0.25, -0.2) is 0 Å². The maximum Gasteiger partial charge on any atom is 0.311 e. The summed E-state index contributed by atoms with van der Waals surface area (Å²) in [4.78, 5) is 10.5. The van der Waals surface area contributed by atoms with Crippen LogP contribution in [0, 0.1) is 17.0 Å². The van der Waals surface area contributed by atoms with Gasteiger partial charge in [-0.3, -0.25) is 10.1 Å². The van der Waals surface area contributed by atoms with Gasteiger partial charge in [-0.2, -0.15) is 0 Å². The van der Waals surface area contributed by atoms with Crippen molar-refractivity contribution in [2.75, 3.05) is 0 Å². The van der Waals surface area contributed by atoms with Gasteiger partial charge in [0, 0.05) is 11.6 Å². The van der Waals surface area contributed by atoms with Crippen molar-refractivity contribution in [2.24, 2.45) is 0 Å². The van der Waals surface area contributed by atoms with Crippen molar-refractivity contribution in [3.05, 3.63) is 63.7 Å². The maximum absolute atomic E-state index is 11.0. The molecule has 5 nitrogen and oxygen atoms in total. The summed E-state index contributed by atoms with van der Waals surface area (Å²) in [6.45, 7) is 3.45. The largest absolute Gasteiger partial charge is 0.450 e. The molecule has 5 heteroatoms. The van der Waals surface area contributed by atoms with Gasteiger partial charge in [0.05, 0.1) is 11.0 Å². The highest BCUT2D eigenvalue weighted by Crippen LogP contribution is 2.35. The van der Waals surface area contributed by atoms with Gasteiger partial charge in [-0.1, -0.05) is 24.3 Å². The lowest BCUT2D eigenvalue weighted by molar-refractivity contribution is -0.385. The van der Waals surface area contributed by atoms with Crippen LogP contribution >= 0.6 is 0 Å². The number of nitro groups is 1. The number of hydrogen-bond acceptors (Lipinski definition) is 4. The Morgan fingerprint density at radius 2 is 1.90 bits per heavy atom. The Labute approximate surface area is 116 Å². The van der Waals surface area contributed by atoms with Crippen molar-refractivity contribution in [3.63, 3.8) is 0 Å². The molecule has 2 aromatic carbocycles. The maximum atomic E-state index is 11.0. The Morgan fingerprint density at radius 3 is 2.55 bits per heavy atom. The third kappa shape index (κ3) is 2.95. The van der Waals surface area contributed by atoms with E-state index in [1.807, 2.05) is 6.92 Å². The molecular formula is C15H15NO4. The monoisotopic (exact) mass is 273 g/mol. The molecule has 0 aliphatic carbocycles. The minimum Gasteiger partial charge on any atom is -0.450 e. The van der Waals surface area contributed by atoms with Crippen LogP contribution in [0.2, 0.25) is 0 Å². The smallest absolute Gasteiger partial charge is 0.311 e. The van der Waals surface area contributed by atoms with Gasteiger partial charge < -0.3 is 9.84 Å². The molecule has 20 heavy (non-hydrogen) atoms. The third-order valence-electron chi connectivity index (χ3n) is 2.90. The van der Waals surface area contributed by atoms with Gasteiger partial charge in [0.25, 0.3) is 0 Å². The predicted octanol–water partition coefficient (Wildman–Crippen LogP) is 3.75. The number of aliphatic hydroxyl groups excluding tert-OH is 1. The second kappa shape index (κ2) is 5.71. The first-order chi connectivity index (χ1) is 9.49. The molecule has 0 unspecified atom stereocenters. The van der Waals surface area contributed by atoms with E-state index in [2.05, 4.69) is 0 Å². The Bertz CT molecular complexity index is 638. The Kier molecular flexibility index (Phi) is 4.00. The van der Waals surface area contributed by atoms with Gasteiger partial charge >= 0.3 is 5.69 Å². The van der Waals surface area contributed by atoms with Crippen molar-refractivity contribution in [3.8, 4) is 11.5 Å². The fourth-order valence-corrected chi connectivity index (χ4v) is 1.89. The standard InChI is InChI=1S/C15H15NO4/c1-10-7-8-13(16(18)19)15(9-10)20-14-6-4-3-5-12(14)11(2)17/h3-9,11,17H,1-2H3/t11-/m0/s1. The van der Waals surface area contributed by atoms with Crippen LogP contribution in [0.4, 0.5) is 5.69 Å². The molecule has 0 radical (unpaired) electrons. The van der Waals surface area contributed by atoms with E-state index in [4.69, 9.17) is 4.74 Å². The van der Waals surface area contributed by atoms with E-state index in [0.717, 1.165) is 5.56 Å². The number of nitro benzene ring substituents is 1. The van der Waals surface area contributed by atoms with Crippen LogP contribution in [0.5, 0.6) is 11.5 Å². The molecule has 0 heterocycles. The first-order valence-corrected chi connectivity index (χ1v) is 6.19. The second-order valence-corrected chi connectivity index (χ2v) is 4.54. The van der Waals surface area contributed by atoms with Crippen LogP contribution in [0.3, 0.4) is 0 Å². The van der Waals surface area contributed by atoms with Crippen molar-refractivity contribution >= 4 is 5.69 Å². The molecule has 2 rings (SSSR count). The minimum absolute atomic E-state index is 0.101. The van der Waals surface area contributed by atoms with Gasteiger partial charge in [-0.15, -0.1) is 0 Å². The van der Waals surface area contributed by atoms with Crippen LogP contribution in [0.25, 0.3) is 0 Å². The van der Waals surface area contributed by atoms with Crippen LogP contribution in [0.1, 0.15) is 24.2 Å². The summed E-state index contributed by atoms with van der Waals surface area (Å²) in [6.07, 6.45) is -0.713. The summed E-state index contributed by atoms with van der Waals surface area (Å²) < 4.78 is 5.64. The molecule has 0 fully saturated rings. The Morgan fingerprint density at radius 1 is 1.20 bits per heavy atom. The van der Waals surface area contributed by atoms with Crippen LogP contribution in [0.15, 0.2) is 42.5 Å². The normalized spacial score (nSPS) is 11.9. The molecule has 0 amide bonds. The predicted molar refractivity (Wildman–Crippen MR) is 75.0 cm³/mol. The summed E-state index contributed by atoms with van der Waals surface area (Å²) in [5.74, 6) is 0.583. The number of nitrogens with zero attached hydrogens (tertiary/aromatic N) is 1. The highest BCUT2D eigenvalue weighted by molar-refractivity contribution is 5.51. The van der Waals surface area contributed by atoms with Gasteiger partial charge in [0.1, 0.15) is 5.75 Å². The lowest BCUT2D eigenvalue weighted by atomic mass is 10.1. The van der Waals surface area contributed by atoms with E-state index in [-0.39, 0.29) is 11.4 Å². The number of benzene rings is 2. The number of ether oxygens (including phenoxy) is 1. The molecule has 0 saturated carbocycles. The molecule has 104 valence electrons. The van der Waals surface area contributed by atoms with E-state index < -0.39 is 11.0 Å². The minimum atomic E-state index is -0.713. The van der Waals surface area contributed by atoms with Crippen LogP contribution in [-0.2, 0) is 0 Å². The number of hydrogen-bond donors (Lipinski definition) is 1. The number of aliphatic hydroxyl groups is 1. The van der Waals surface area contributed by atoms with E-state index in [9.17, 15) is 15.2 Å². The highest BCUT2D eigenvalue weighted by atomic mass is 16.6. The fourth-order valence-electron chi connectivity index (χ4n) is 1.89. The zero-order chi connectivity index (χ0) is 14.7. The average Bonchev–Trinajstić information content (AvgIpc) is 2.38. The quantitative estimate of drug-likeness (QED) is 0.680. The Hall–Kier alpha value is -2.40. The molecule has 1 atom stereocenters. The lowest BCUT2D eigenvalue weighted by Crippen LogP contribution is -1.98. The zero-order valence-corrected chi connectivity index (χ0v) is 11.2. The number of rotatable bonds is 4. The molecule has 0 aromatic heterocycles. The van der Waals surface area contributed by atoms with Crippen molar-refractivity contribution < 1.29 is 14.8 Å². The lowest BCUT2D eigenvalue weighted by Gasteiger charge is -2.13. The summed E-state index contributed by atoms with van der Waals surface area (Å²) in [7, 11) is 0. The van der Waals surface area contributed by atoms with Gasteiger partial charge in [0.2, 0.25) is 5.75 Å². The van der Waals surface area contributed by atoms with Crippen molar-refractivity contribution in [1.29, 1.82) is 0 Å². The molecular weight excluding hydrogens is 258 g/mol. The van der Waals surface area contributed by atoms with E-state index in [1.165, 1.54) is 6.07 Å². The number of para-hydroxylation sites is 1. The van der Waals surface area contributed by atoms with Crippen molar-refractivity contribution in [1.82, 2.24) is 0 Å². The van der Waals surface area contributed by atoms with Gasteiger partial charge in [-0.05, 0) is 31.5 Å². The second-order valence-electron chi connectivity index (χ2n) is 4.54. The molecule has 2 aromatic rings.